The van der Waals surface area contributed by atoms with E-state index in [-0.39, 0.29) is 17.7 Å². The molecule has 7 heteroatoms. The monoisotopic (exact) mass is 404 g/mol. The van der Waals surface area contributed by atoms with Crippen molar-refractivity contribution >= 4 is 11.8 Å². The van der Waals surface area contributed by atoms with Gasteiger partial charge in [-0.3, -0.25) is 9.59 Å². The van der Waals surface area contributed by atoms with Crippen LogP contribution in [0.5, 0.6) is 0 Å². The van der Waals surface area contributed by atoms with Crippen LogP contribution in [0.4, 0.5) is 13.2 Å². The van der Waals surface area contributed by atoms with Gasteiger partial charge in [0.15, 0.2) is 0 Å². The van der Waals surface area contributed by atoms with Gasteiger partial charge in [0, 0.05) is 26.6 Å². The minimum absolute atomic E-state index is 0.00608. The molecule has 1 aliphatic rings. The molecule has 2 amide bonds. The van der Waals surface area contributed by atoms with Crippen molar-refractivity contribution in [1.29, 1.82) is 0 Å². The molecule has 0 saturated carbocycles. The lowest BCUT2D eigenvalue weighted by atomic mass is 10.0. The summed E-state index contributed by atoms with van der Waals surface area (Å²) in [7, 11) is 0. The molecule has 1 heterocycles. The molecular formula is C22H23F3N2O2. The lowest BCUT2D eigenvalue weighted by molar-refractivity contribution is -0.137. The molecule has 1 unspecified atom stereocenters. The van der Waals surface area contributed by atoms with E-state index in [1.807, 2.05) is 24.3 Å². The summed E-state index contributed by atoms with van der Waals surface area (Å²) in [5.74, 6) is -0.190. The van der Waals surface area contributed by atoms with E-state index < -0.39 is 11.7 Å². The summed E-state index contributed by atoms with van der Waals surface area (Å²) in [6, 6.07) is 12.6. The van der Waals surface area contributed by atoms with E-state index in [0.717, 1.165) is 23.3 Å². The number of likely N-dealkylation sites (tertiary alicyclic amines) is 1. The molecular weight excluding hydrogens is 381 g/mol. The van der Waals surface area contributed by atoms with Gasteiger partial charge in [0.05, 0.1) is 11.5 Å². The number of carbonyl (C=O) groups is 2. The Morgan fingerprint density at radius 3 is 2.14 bits per heavy atom. The van der Waals surface area contributed by atoms with Gasteiger partial charge in [0.2, 0.25) is 11.8 Å². The van der Waals surface area contributed by atoms with Crippen LogP contribution >= 0.6 is 0 Å². The first-order chi connectivity index (χ1) is 13.7. The highest BCUT2D eigenvalue weighted by atomic mass is 19.4. The molecule has 0 bridgehead atoms. The van der Waals surface area contributed by atoms with Gasteiger partial charge in [-0.2, -0.15) is 13.2 Å². The Labute approximate surface area is 167 Å². The summed E-state index contributed by atoms with van der Waals surface area (Å²) < 4.78 is 38.0. The summed E-state index contributed by atoms with van der Waals surface area (Å²) in [5, 5.41) is 2.92. The van der Waals surface area contributed by atoms with Gasteiger partial charge in [-0.25, -0.2) is 0 Å². The molecule has 1 fully saturated rings. The third-order valence-corrected chi connectivity index (χ3v) is 5.22. The van der Waals surface area contributed by atoms with Crippen molar-refractivity contribution < 1.29 is 22.8 Å². The predicted octanol–water partition coefficient (Wildman–Crippen LogP) is 3.90. The number of hydrogen-bond acceptors (Lipinski definition) is 2. The Morgan fingerprint density at radius 1 is 1.03 bits per heavy atom. The first kappa shape index (κ1) is 20.9. The summed E-state index contributed by atoms with van der Waals surface area (Å²) in [4.78, 5) is 25.2. The van der Waals surface area contributed by atoms with Crippen LogP contribution in [0.25, 0.3) is 11.1 Å². The van der Waals surface area contributed by atoms with Gasteiger partial charge in [0.25, 0.3) is 0 Å². The molecule has 1 N–H and O–H groups in total. The van der Waals surface area contributed by atoms with E-state index in [4.69, 9.17) is 0 Å². The maximum atomic E-state index is 12.7. The van der Waals surface area contributed by atoms with Crippen molar-refractivity contribution in [2.24, 2.45) is 5.92 Å². The number of rotatable bonds is 5. The van der Waals surface area contributed by atoms with Crippen molar-refractivity contribution in [3.8, 4) is 11.1 Å². The van der Waals surface area contributed by atoms with E-state index in [1.54, 1.807) is 4.90 Å². The third kappa shape index (κ3) is 5.37. The molecule has 1 saturated heterocycles. The van der Waals surface area contributed by atoms with Crippen LogP contribution in [0.15, 0.2) is 48.5 Å². The van der Waals surface area contributed by atoms with Crippen LogP contribution in [0, 0.1) is 5.92 Å². The van der Waals surface area contributed by atoms with Crippen LogP contribution in [0.2, 0.25) is 0 Å². The second kappa shape index (κ2) is 8.68. The maximum Gasteiger partial charge on any atom is 0.416 e. The largest absolute Gasteiger partial charge is 0.416 e. The first-order valence-electron chi connectivity index (χ1n) is 9.54. The molecule has 1 atom stereocenters. The molecule has 2 aromatic carbocycles. The summed E-state index contributed by atoms with van der Waals surface area (Å²) >= 11 is 0. The Bertz CT molecular complexity index is 861. The van der Waals surface area contributed by atoms with E-state index in [1.165, 1.54) is 19.1 Å². The van der Waals surface area contributed by atoms with Gasteiger partial charge in [-0.05, 0) is 41.7 Å². The Balaban J connectivity index is 1.49. The normalized spacial score (nSPS) is 16.7. The van der Waals surface area contributed by atoms with Crippen molar-refractivity contribution in [2.75, 3.05) is 19.6 Å². The molecule has 29 heavy (non-hydrogen) atoms. The number of halogens is 3. The molecule has 0 aromatic heterocycles. The van der Waals surface area contributed by atoms with Gasteiger partial charge in [0.1, 0.15) is 0 Å². The smallest absolute Gasteiger partial charge is 0.355 e. The Morgan fingerprint density at radius 2 is 1.62 bits per heavy atom. The molecule has 0 aliphatic carbocycles. The average molecular weight is 404 g/mol. The quantitative estimate of drug-likeness (QED) is 0.822. The molecule has 0 radical (unpaired) electrons. The summed E-state index contributed by atoms with van der Waals surface area (Å²) in [5.41, 5.74) is 1.91. The Hall–Kier alpha value is -2.83. The van der Waals surface area contributed by atoms with Crippen molar-refractivity contribution in [2.45, 2.75) is 25.9 Å². The fraction of sp³-hybridized carbons (Fsp3) is 0.364. The Kier molecular flexibility index (Phi) is 6.25. The average Bonchev–Trinajstić information content (AvgIpc) is 3.19. The zero-order valence-electron chi connectivity index (χ0n) is 16.1. The molecule has 154 valence electrons. The lowest BCUT2D eigenvalue weighted by Gasteiger charge is -2.14. The number of carbonyl (C=O) groups excluding carboxylic acids is 2. The second-order valence-corrected chi connectivity index (χ2v) is 7.26. The van der Waals surface area contributed by atoms with Gasteiger partial charge in [-0.15, -0.1) is 0 Å². The third-order valence-electron chi connectivity index (χ3n) is 5.22. The number of benzene rings is 2. The predicted molar refractivity (Wildman–Crippen MR) is 104 cm³/mol. The van der Waals surface area contributed by atoms with Crippen LogP contribution in [-0.4, -0.2) is 36.3 Å². The van der Waals surface area contributed by atoms with Crippen molar-refractivity contribution in [3.63, 3.8) is 0 Å². The SMILES string of the molecule is CC(=O)N1CCC(C(=O)NCCc2ccc(-c3ccc(C(F)(F)F)cc3)cc2)C1. The molecule has 1 aliphatic heterocycles. The van der Waals surface area contributed by atoms with Crippen LogP contribution in [0.3, 0.4) is 0 Å². The number of nitrogens with one attached hydrogen (secondary N) is 1. The van der Waals surface area contributed by atoms with Gasteiger partial charge in [-0.1, -0.05) is 36.4 Å². The molecule has 3 rings (SSSR count). The molecule has 4 nitrogen and oxygen atoms in total. The number of amides is 2. The zero-order valence-corrected chi connectivity index (χ0v) is 16.1. The minimum Gasteiger partial charge on any atom is -0.355 e. The van der Waals surface area contributed by atoms with Crippen molar-refractivity contribution in [1.82, 2.24) is 10.2 Å². The van der Waals surface area contributed by atoms with E-state index in [0.29, 0.717) is 38.0 Å². The van der Waals surface area contributed by atoms with Crippen LogP contribution in [-0.2, 0) is 22.2 Å². The van der Waals surface area contributed by atoms with E-state index in [2.05, 4.69) is 5.32 Å². The first-order valence-corrected chi connectivity index (χ1v) is 9.54. The number of hydrogen-bond donors (Lipinski definition) is 1. The van der Waals surface area contributed by atoms with Crippen LogP contribution in [0.1, 0.15) is 24.5 Å². The number of alkyl halides is 3. The highest BCUT2D eigenvalue weighted by Gasteiger charge is 2.30. The second-order valence-electron chi connectivity index (χ2n) is 7.26. The van der Waals surface area contributed by atoms with Gasteiger partial charge < -0.3 is 10.2 Å². The van der Waals surface area contributed by atoms with Crippen molar-refractivity contribution in [3.05, 3.63) is 59.7 Å². The lowest BCUT2D eigenvalue weighted by Crippen LogP contribution is -2.34. The van der Waals surface area contributed by atoms with E-state index >= 15 is 0 Å². The minimum atomic E-state index is -4.34. The summed E-state index contributed by atoms with van der Waals surface area (Å²) in [6.45, 7) is 3.10. The van der Waals surface area contributed by atoms with Gasteiger partial charge >= 0.3 is 6.18 Å². The highest BCUT2D eigenvalue weighted by molar-refractivity contribution is 5.81. The summed E-state index contributed by atoms with van der Waals surface area (Å²) in [6.07, 6.45) is -2.99. The molecule has 0 spiro atoms. The van der Waals surface area contributed by atoms with E-state index in [9.17, 15) is 22.8 Å². The topological polar surface area (TPSA) is 49.4 Å². The maximum absolute atomic E-state index is 12.7. The zero-order chi connectivity index (χ0) is 21.0. The van der Waals surface area contributed by atoms with Crippen LogP contribution < -0.4 is 5.32 Å². The fourth-order valence-corrected chi connectivity index (χ4v) is 3.45. The number of nitrogens with zero attached hydrogens (tertiary/aromatic N) is 1. The fourth-order valence-electron chi connectivity index (χ4n) is 3.45. The highest BCUT2D eigenvalue weighted by Crippen LogP contribution is 2.31. The molecule has 2 aromatic rings. The standard InChI is InChI=1S/C22H23F3N2O2/c1-15(28)27-13-11-19(14-27)21(29)26-12-10-16-2-4-17(5-3-16)18-6-8-20(9-7-18)22(23,24)25/h2-9,19H,10-14H2,1H3,(H,26,29).